The Kier molecular flexibility index (Phi) is 6.47. The van der Waals surface area contributed by atoms with Crippen LogP contribution in [0.3, 0.4) is 0 Å². The maximum atomic E-state index is 13.2. The molecular formula is C25H33N5O2S. The van der Waals surface area contributed by atoms with Gasteiger partial charge in [0.25, 0.3) is 5.91 Å². The molecule has 33 heavy (non-hydrogen) atoms. The number of hydrogen-bond donors (Lipinski definition) is 0. The first-order valence-corrected chi connectivity index (χ1v) is 13.2. The number of rotatable bonds is 4. The van der Waals surface area contributed by atoms with E-state index in [1.165, 1.54) is 16.9 Å². The smallest absolute Gasteiger partial charge is 0.274 e. The van der Waals surface area contributed by atoms with Crippen molar-refractivity contribution in [1.82, 2.24) is 19.6 Å². The van der Waals surface area contributed by atoms with E-state index in [1.54, 1.807) is 6.92 Å². The Morgan fingerprint density at radius 2 is 1.70 bits per heavy atom. The first-order valence-electron chi connectivity index (χ1n) is 12.0. The van der Waals surface area contributed by atoms with Crippen molar-refractivity contribution >= 4 is 29.1 Å². The fraction of sp³-hybridized carbons (Fsp3) is 0.560. The van der Waals surface area contributed by atoms with Crippen LogP contribution in [0.1, 0.15) is 45.4 Å². The minimum Gasteiger partial charge on any atom is -0.369 e. The van der Waals surface area contributed by atoms with E-state index < -0.39 is 0 Å². The summed E-state index contributed by atoms with van der Waals surface area (Å²) in [4.78, 5) is 31.8. The molecule has 1 aromatic carbocycles. The van der Waals surface area contributed by atoms with Crippen LogP contribution in [-0.2, 0) is 19.9 Å². The lowest BCUT2D eigenvalue weighted by Gasteiger charge is -2.41. The Balaban J connectivity index is 1.24. The maximum absolute atomic E-state index is 13.2. The van der Waals surface area contributed by atoms with Crippen LogP contribution in [0.4, 0.5) is 5.69 Å². The van der Waals surface area contributed by atoms with Crippen LogP contribution in [0, 0.1) is 0 Å². The van der Waals surface area contributed by atoms with Gasteiger partial charge in [0.2, 0.25) is 0 Å². The largest absolute Gasteiger partial charge is 0.369 e. The minimum absolute atomic E-state index is 0.107. The van der Waals surface area contributed by atoms with Gasteiger partial charge in [-0.3, -0.25) is 19.2 Å². The van der Waals surface area contributed by atoms with Crippen molar-refractivity contribution in [1.29, 1.82) is 0 Å². The molecule has 0 N–H and O–H groups in total. The third-order valence-corrected chi connectivity index (χ3v) is 8.34. The predicted molar refractivity (Wildman–Crippen MR) is 132 cm³/mol. The number of amides is 1. The molecule has 3 heterocycles. The second kappa shape index (κ2) is 9.50. The highest BCUT2D eigenvalue weighted by molar-refractivity contribution is 7.99. The lowest BCUT2D eigenvalue weighted by Crippen LogP contribution is -2.52. The molecule has 1 amide bonds. The monoisotopic (exact) mass is 467 g/mol. The fourth-order valence-corrected chi connectivity index (χ4v) is 6.33. The maximum Gasteiger partial charge on any atom is 0.274 e. The van der Waals surface area contributed by atoms with Crippen LogP contribution >= 0.6 is 11.8 Å². The van der Waals surface area contributed by atoms with Crippen molar-refractivity contribution in [3.63, 3.8) is 0 Å². The first kappa shape index (κ1) is 22.5. The summed E-state index contributed by atoms with van der Waals surface area (Å²) in [6, 6.07) is 8.44. The normalized spacial score (nSPS) is 21.7. The van der Waals surface area contributed by atoms with E-state index in [0.29, 0.717) is 11.7 Å². The van der Waals surface area contributed by atoms with Crippen molar-refractivity contribution in [2.24, 2.45) is 7.05 Å². The minimum atomic E-state index is 0.107. The number of aromatic nitrogens is 2. The summed E-state index contributed by atoms with van der Waals surface area (Å²) in [6.45, 7) is 7.25. The number of thioether (sulfide) groups is 1. The summed E-state index contributed by atoms with van der Waals surface area (Å²) in [5, 5.41) is 4.69. The molecular weight excluding hydrogens is 434 g/mol. The average Bonchev–Trinajstić information content (AvgIpc) is 3.20. The van der Waals surface area contributed by atoms with Gasteiger partial charge in [-0.2, -0.15) is 16.9 Å². The predicted octanol–water partition coefficient (Wildman–Crippen LogP) is 2.49. The van der Waals surface area contributed by atoms with Crippen LogP contribution in [0.15, 0.2) is 24.3 Å². The fourth-order valence-electron chi connectivity index (χ4n) is 5.42. The number of carbonyl (C=O) groups is 2. The Labute approximate surface area is 200 Å². The van der Waals surface area contributed by atoms with Gasteiger partial charge in [0.1, 0.15) is 0 Å². The molecule has 0 spiro atoms. The molecule has 2 aliphatic heterocycles. The Morgan fingerprint density at radius 1 is 1.00 bits per heavy atom. The molecule has 2 fully saturated rings. The van der Waals surface area contributed by atoms with E-state index in [0.717, 1.165) is 75.6 Å². The van der Waals surface area contributed by atoms with Crippen LogP contribution < -0.4 is 4.90 Å². The van der Waals surface area contributed by atoms with E-state index in [4.69, 9.17) is 0 Å². The van der Waals surface area contributed by atoms with Gasteiger partial charge in [0.15, 0.2) is 11.5 Å². The number of benzene rings is 1. The van der Waals surface area contributed by atoms with Crippen LogP contribution in [0.2, 0.25) is 0 Å². The number of fused-ring (bicyclic) bond motifs is 1. The molecule has 2 aromatic rings. The molecule has 0 bridgehead atoms. The number of aryl methyl sites for hydroxylation is 1. The van der Waals surface area contributed by atoms with Crippen LogP contribution in [0.5, 0.6) is 0 Å². The summed E-state index contributed by atoms with van der Waals surface area (Å²) >= 11 is 1.92. The molecule has 0 radical (unpaired) electrons. The molecule has 0 saturated carbocycles. The summed E-state index contributed by atoms with van der Waals surface area (Å²) < 4.78 is 1.94. The van der Waals surface area contributed by atoms with Crippen molar-refractivity contribution in [3.05, 3.63) is 46.8 Å². The highest BCUT2D eigenvalue weighted by Gasteiger charge is 2.34. The molecule has 1 aromatic heterocycles. The number of hydrogen-bond acceptors (Lipinski definition) is 6. The topological polar surface area (TPSA) is 61.7 Å². The third-order valence-electron chi connectivity index (χ3n) is 7.40. The van der Waals surface area contributed by atoms with Gasteiger partial charge in [-0.1, -0.05) is 0 Å². The van der Waals surface area contributed by atoms with E-state index in [-0.39, 0.29) is 11.7 Å². The molecule has 2 saturated heterocycles. The Bertz CT molecular complexity index is 1020. The van der Waals surface area contributed by atoms with Gasteiger partial charge < -0.3 is 9.80 Å². The van der Waals surface area contributed by atoms with Crippen molar-refractivity contribution < 1.29 is 9.59 Å². The zero-order valence-corrected chi connectivity index (χ0v) is 20.4. The van der Waals surface area contributed by atoms with E-state index in [2.05, 4.69) is 27.0 Å². The van der Waals surface area contributed by atoms with Gasteiger partial charge in [-0.25, -0.2) is 0 Å². The van der Waals surface area contributed by atoms with Crippen molar-refractivity contribution in [3.8, 4) is 0 Å². The lowest BCUT2D eigenvalue weighted by atomic mass is 9.89. The van der Waals surface area contributed by atoms with Gasteiger partial charge in [0, 0.05) is 86.4 Å². The first-order chi connectivity index (χ1) is 16.0. The van der Waals surface area contributed by atoms with Crippen LogP contribution in [0.25, 0.3) is 0 Å². The second-order valence-electron chi connectivity index (χ2n) is 9.32. The highest BCUT2D eigenvalue weighted by Crippen LogP contribution is 2.29. The molecule has 7 nitrogen and oxygen atoms in total. The number of piperazine rings is 1. The quantitative estimate of drug-likeness (QED) is 0.644. The highest BCUT2D eigenvalue weighted by atomic mass is 32.2. The van der Waals surface area contributed by atoms with Crippen molar-refractivity contribution in [2.75, 3.05) is 55.7 Å². The SMILES string of the molecule is CC(=O)c1ccc(N2CCN(C3CCc4c(c(C(=O)N5CCSCC5)nn4C)C3)CC2)cc1. The molecule has 8 heteroatoms. The average molecular weight is 468 g/mol. The van der Waals surface area contributed by atoms with Gasteiger partial charge in [-0.05, 0) is 50.5 Å². The summed E-state index contributed by atoms with van der Waals surface area (Å²) in [5.41, 5.74) is 5.06. The van der Waals surface area contributed by atoms with Crippen LogP contribution in [-0.4, -0.2) is 88.1 Å². The molecule has 1 unspecified atom stereocenters. The van der Waals surface area contributed by atoms with Crippen molar-refractivity contribution in [2.45, 2.75) is 32.2 Å². The van der Waals surface area contributed by atoms with Gasteiger partial charge in [-0.15, -0.1) is 0 Å². The number of nitrogens with zero attached hydrogens (tertiary/aromatic N) is 5. The second-order valence-corrected chi connectivity index (χ2v) is 10.5. The third kappa shape index (κ3) is 4.55. The van der Waals surface area contributed by atoms with Gasteiger partial charge >= 0.3 is 0 Å². The zero-order chi connectivity index (χ0) is 22.9. The summed E-state index contributed by atoms with van der Waals surface area (Å²) in [6.07, 6.45) is 3.02. The summed E-state index contributed by atoms with van der Waals surface area (Å²) in [5.74, 6) is 2.26. The summed E-state index contributed by atoms with van der Waals surface area (Å²) in [7, 11) is 1.98. The molecule has 1 atom stereocenters. The number of carbonyl (C=O) groups excluding carboxylic acids is 2. The standard InChI is InChI=1S/C25H33N5O2S/c1-18(31)19-3-5-20(6-4-19)28-9-11-29(12-10-28)21-7-8-23-22(17-21)24(26-27(23)2)25(32)30-13-15-33-16-14-30/h3-6,21H,7-17H2,1-2H3. The van der Waals surface area contributed by atoms with E-state index >= 15 is 0 Å². The molecule has 1 aliphatic carbocycles. The zero-order valence-electron chi connectivity index (χ0n) is 19.6. The molecule has 3 aliphatic rings. The van der Waals surface area contributed by atoms with Gasteiger partial charge in [0.05, 0.1) is 0 Å². The molecule has 5 rings (SSSR count). The number of ketones is 1. The number of anilines is 1. The lowest BCUT2D eigenvalue weighted by molar-refractivity contribution is 0.0763. The molecule has 176 valence electrons. The Morgan fingerprint density at radius 3 is 2.36 bits per heavy atom. The number of Topliss-reactive ketones (excluding diaryl/α,β-unsaturated/α-hetero) is 1. The van der Waals surface area contributed by atoms with E-state index in [1.807, 2.05) is 40.5 Å². The Hall–Kier alpha value is -2.32. The van der Waals surface area contributed by atoms with E-state index in [9.17, 15) is 9.59 Å².